The number of aromatic nitrogens is 1. The van der Waals surface area contributed by atoms with Crippen molar-refractivity contribution in [1.82, 2.24) is 4.98 Å². The first-order valence-electron chi connectivity index (χ1n) is 7.58. The fraction of sp³-hybridized carbons (Fsp3) is 0. The van der Waals surface area contributed by atoms with Gasteiger partial charge in [-0.1, -0.05) is 59.8 Å². The normalized spacial score (nSPS) is 10.9. The molecule has 0 radical (unpaired) electrons. The molecule has 0 aliphatic heterocycles. The van der Waals surface area contributed by atoms with Gasteiger partial charge in [-0.3, -0.25) is 0 Å². The summed E-state index contributed by atoms with van der Waals surface area (Å²) in [5.74, 6) is 0. The molecule has 0 atom stereocenters. The Labute approximate surface area is 158 Å². The van der Waals surface area contributed by atoms with Gasteiger partial charge in [0.05, 0.1) is 10.7 Å². The van der Waals surface area contributed by atoms with Crippen LogP contribution in [0.25, 0.3) is 11.0 Å². The minimum absolute atomic E-state index is 0.588. The Morgan fingerprint density at radius 1 is 0.960 bits per heavy atom. The molecule has 0 spiro atoms. The fourth-order valence-electron chi connectivity index (χ4n) is 2.29. The van der Waals surface area contributed by atoms with Crippen molar-refractivity contribution in [3.8, 4) is 0 Å². The van der Waals surface area contributed by atoms with E-state index in [9.17, 15) is 0 Å². The molecule has 4 rings (SSSR count). The van der Waals surface area contributed by atoms with Crippen molar-refractivity contribution in [2.75, 3.05) is 4.72 Å². The molecule has 0 amide bonds. The summed E-state index contributed by atoms with van der Waals surface area (Å²) in [4.78, 5) is 5.57. The molecule has 2 aromatic carbocycles. The Hall–Kier alpha value is -2.08. The van der Waals surface area contributed by atoms with Crippen molar-refractivity contribution in [2.45, 2.75) is 15.0 Å². The Morgan fingerprint density at radius 2 is 1.76 bits per heavy atom. The largest absolute Gasteiger partial charge is 0.448 e. The second-order valence-corrected chi connectivity index (χ2v) is 7.54. The number of pyridine rings is 1. The van der Waals surface area contributed by atoms with Crippen LogP contribution in [-0.4, -0.2) is 4.98 Å². The molecule has 0 fully saturated rings. The summed E-state index contributed by atoms with van der Waals surface area (Å²) in [7, 11) is 0. The minimum Gasteiger partial charge on any atom is -0.448 e. The summed E-state index contributed by atoms with van der Waals surface area (Å²) in [5, 5.41) is 3.32. The molecule has 2 aromatic heterocycles. The van der Waals surface area contributed by atoms with Gasteiger partial charge in [-0.15, -0.1) is 0 Å². The number of benzene rings is 2. The number of nitrogens with one attached hydrogen (secondary N) is 1. The molecule has 0 aliphatic rings. The predicted octanol–water partition coefficient (Wildman–Crippen LogP) is 6.75. The summed E-state index contributed by atoms with van der Waals surface area (Å²) in [6.45, 7) is 0. The summed E-state index contributed by atoms with van der Waals surface area (Å²) in [6, 6.07) is 21.9. The Bertz CT molecular complexity index is 972. The van der Waals surface area contributed by atoms with Crippen molar-refractivity contribution >= 4 is 52.0 Å². The molecule has 4 aromatic rings. The predicted molar refractivity (Wildman–Crippen MR) is 106 cm³/mol. The summed E-state index contributed by atoms with van der Waals surface area (Å²) in [5.41, 5.74) is 1.72. The zero-order chi connectivity index (χ0) is 17.1. The van der Waals surface area contributed by atoms with Crippen molar-refractivity contribution in [1.29, 1.82) is 0 Å². The van der Waals surface area contributed by atoms with Gasteiger partial charge >= 0.3 is 0 Å². The van der Waals surface area contributed by atoms with Gasteiger partial charge in [-0.25, -0.2) is 4.98 Å². The van der Waals surface area contributed by atoms with Crippen molar-refractivity contribution < 1.29 is 4.42 Å². The van der Waals surface area contributed by atoms with Crippen LogP contribution in [0, 0.1) is 0 Å². The van der Waals surface area contributed by atoms with Crippen LogP contribution in [0.3, 0.4) is 0 Å². The van der Waals surface area contributed by atoms with E-state index < -0.39 is 0 Å². The number of hydrogen-bond acceptors (Lipinski definition) is 5. The second kappa shape index (κ2) is 7.44. The fourth-order valence-corrected chi connectivity index (χ4v) is 4.04. The molecule has 0 aliphatic carbocycles. The first kappa shape index (κ1) is 16.4. The lowest BCUT2D eigenvalue weighted by Crippen LogP contribution is -1.92. The second-order valence-electron chi connectivity index (χ2n) is 5.23. The van der Waals surface area contributed by atoms with Gasteiger partial charge in [0.15, 0.2) is 5.09 Å². The highest BCUT2D eigenvalue weighted by Crippen LogP contribution is 2.36. The average Bonchev–Trinajstić information content (AvgIpc) is 3.06. The van der Waals surface area contributed by atoms with E-state index in [4.69, 9.17) is 16.0 Å². The van der Waals surface area contributed by atoms with E-state index in [2.05, 4.69) is 21.8 Å². The Balaban J connectivity index is 1.55. The Morgan fingerprint density at radius 3 is 2.60 bits per heavy atom. The molecule has 0 saturated heterocycles. The van der Waals surface area contributed by atoms with Gasteiger partial charge in [0.25, 0.3) is 0 Å². The van der Waals surface area contributed by atoms with Gasteiger partial charge < -0.3 is 9.14 Å². The molecular formula is C19H13ClN2OS2. The van der Waals surface area contributed by atoms with Gasteiger partial charge in [-0.2, -0.15) is 0 Å². The maximum Gasteiger partial charge on any atom is 0.181 e. The van der Waals surface area contributed by atoms with Gasteiger partial charge in [0.2, 0.25) is 0 Å². The molecule has 2 heterocycles. The molecular weight excluding hydrogens is 372 g/mol. The number of fused-ring (bicyclic) bond motifs is 1. The van der Waals surface area contributed by atoms with E-state index >= 15 is 0 Å². The standard InChI is InChI=1S/C19H13ClN2OS2/c20-14-11-16(19(21-12-14)24-15-7-2-1-3-8-15)22-25-18-10-13-6-4-5-9-17(13)23-18/h1-12,22H. The van der Waals surface area contributed by atoms with E-state index in [1.54, 1.807) is 18.0 Å². The van der Waals surface area contributed by atoms with Crippen LogP contribution in [0.2, 0.25) is 5.02 Å². The lowest BCUT2D eigenvalue weighted by atomic mass is 10.3. The minimum atomic E-state index is 0.588. The highest BCUT2D eigenvalue weighted by atomic mass is 35.5. The van der Waals surface area contributed by atoms with Gasteiger partial charge in [0, 0.05) is 34.5 Å². The van der Waals surface area contributed by atoms with Crippen LogP contribution in [0.1, 0.15) is 0 Å². The third-order valence-corrected chi connectivity index (χ3v) is 5.40. The maximum atomic E-state index is 6.12. The molecule has 0 bridgehead atoms. The van der Waals surface area contributed by atoms with Crippen molar-refractivity contribution in [2.24, 2.45) is 0 Å². The molecule has 0 saturated carbocycles. The monoisotopic (exact) mass is 384 g/mol. The van der Waals surface area contributed by atoms with E-state index in [-0.39, 0.29) is 0 Å². The van der Waals surface area contributed by atoms with E-state index in [0.29, 0.717) is 5.02 Å². The molecule has 124 valence electrons. The van der Waals surface area contributed by atoms with Crippen molar-refractivity contribution in [3.05, 3.63) is 77.9 Å². The third-order valence-electron chi connectivity index (χ3n) is 3.44. The van der Waals surface area contributed by atoms with Gasteiger partial charge in [0.1, 0.15) is 10.6 Å². The van der Waals surface area contributed by atoms with Crippen molar-refractivity contribution in [3.63, 3.8) is 0 Å². The number of para-hydroxylation sites is 1. The van der Waals surface area contributed by atoms with E-state index in [1.165, 1.54) is 11.9 Å². The lowest BCUT2D eigenvalue weighted by molar-refractivity contribution is 0.515. The third kappa shape index (κ3) is 3.95. The van der Waals surface area contributed by atoms with Crippen LogP contribution < -0.4 is 4.72 Å². The number of rotatable bonds is 5. The van der Waals surface area contributed by atoms with Crippen LogP contribution in [0.15, 0.2) is 92.4 Å². The number of furan rings is 1. The zero-order valence-corrected chi connectivity index (χ0v) is 15.4. The molecule has 25 heavy (non-hydrogen) atoms. The maximum absolute atomic E-state index is 6.12. The van der Waals surface area contributed by atoms with Gasteiger partial charge in [-0.05, 0) is 24.3 Å². The SMILES string of the molecule is Clc1cnc(Sc2ccccc2)c(NSc2cc3ccccc3o2)c1. The number of nitrogens with zero attached hydrogens (tertiary/aromatic N) is 1. The quantitative estimate of drug-likeness (QED) is 0.385. The number of hydrogen-bond donors (Lipinski definition) is 1. The molecule has 0 unspecified atom stereocenters. The Kier molecular flexibility index (Phi) is 4.88. The topological polar surface area (TPSA) is 38.1 Å². The van der Waals surface area contributed by atoms with Crippen LogP contribution in [-0.2, 0) is 0 Å². The summed E-state index contributed by atoms with van der Waals surface area (Å²) in [6.07, 6.45) is 1.66. The van der Waals surface area contributed by atoms with E-state index in [1.807, 2.05) is 54.6 Å². The molecule has 6 heteroatoms. The lowest BCUT2D eigenvalue weighted by Gasteiger charge is -2.09. The summed E-state index contributed by atoms with van der Waals surface area (Å²) < 4.78 is 9.13. The first-order chi connectivity index (χ1) is 12.3. The van der Waals surface area contributed by atoms with Crippen LogP contribution in [0.5, 0.6) is 0 Å². The van der Waals surface area contributed by atoms with E-state index in [0.717, 1.165) is 31.7 Å². The molecule has 1 N–H and O–H groups in total. The first-order valence-corrected chi connectivity index (χ1v) is 9.59. The van der Waals surface area contributed by atoms with Crippen LogP contribution in [0.4, 0.5) is 5.69 Å². The average molecular weight is 385 g/mol. The zero-order valence-electron chi connectivity index (χ0n) is 13.0. The van der Waals surface area contributed by atoms with Crippen LogP contribution >= 0.6 is 35.3 Å². The highest BCUT2D eigenvalue weighted by Gasteiger charge is 2.10. The summed E-state index contributed by atoms with van der Waals surface area (Å²) >= 11 is 9.11. The smallest absolute Gasteiger partial charge is 0.181 e. The number of halogens is 1. The highest BCUT2D eigenvalue weighted by molar-refractivity contribution is 8.01. The molecule has 3 nitrogen and oxygen atoms in total. The number of anilines is 1.